The zero-order chi connectivity index (χ0) is 9.19. The molecule has 1 aliphatic rings. The maximum atomic E-state index is 5.60. The molecule has 1 unspecified atom stereocenters. The van der Waals surface area contributed by atoms with Gasteiger partial charge in [0.25, 0.3) is 15.3 Å². The summed E-state index contributed by atoms with van der Waals surface area (Å²) in [5.74, 6) is 0. The summed E-state index contributed by atoms with van der Waals surface area (Å²) < 4.78 is 3.78. The van der Waals surface area contributed by atoms with Crippen molar-refractivity contribution in [3.63, 3.8) is 0 Å². The highest BCUT2D eigenvalue weighted by atomic mass is 35.6. The van der Waals surface area contributed by atoms with Crippen molar-refractivity contribution < 1.29 is 4.18 Å². The fourth-order valence-corrected chi connectivity index (χ4v) is 2.12. The molecule has 12 heavy (non-hydrogen) atoms. The molecule has 0 saturated carbocycles. The van der Waals surface area contributed by atoms with Crippen LogP contribution >= 0.6 is 34.8 Å². The minimum atomic E-state index is -1.46. The van der Waals surface area contributed by atoms with Crippen molar-refractivity contribution in [1.82, 2.24) is 9.84 Å². The molecule has 1 aliphatic heterocycles. The van der Waals surface area contributed by atoms with Crippen LogP contribution in [-0.2, 0) is 15.5 Å². The molecule has 0 radical (unpaired) electrons. The summed E-state index contributed by atoms with van der Waals surface area (Å²) >= 11 is 16.3. The van der Waals surface area contributed by atoms with Gasteiger partial charge in [0.15, 0.2) is 5.41 Å². The first kappa shape index (κ1) is 10.8. The molecule has 0 aliphatic carbocycles. The van der Waals surface area contributed by atoms with Gasteiger partial charge in [-0.15, -0.1) is 4.18 Å². The predicted octanol–water partition coefficient (Wildman–Crippen LogP) is 2.09. The Morgan fingerprint density at radius 2 is 2.25 bits per heavy atom. The fourth-order valence-electron chi connectivity index (χ4n) is 0.603. The molecule has 3 nitrogen and oxygen atoms in total. The van der Waals surface area contributed by atoms with Crippen LogP contribution in [-0.4, -0.2) is 15.5 Å². The van der Waals surface area contributed by atoms with E-state index in [0.29, 0.717) is 6.61 Å². The van der Waals surface area contributed by atoms with E-state index in [9.17, 15) is 0 Å². The number of hydrogen-bond acceptors (Lipinski definition) is 3. The lowest BCUT2D eigenvalue weighted by atomic mass is 10.9. The lowest BCUT2D eigenvalue weighted by molar-refractivity contribution is 0.328. The van der Waals surface area contributed by atoms with E-state index in [4.69, 9.17) is 39.0 Å². The molecule has 0 bridgehead atoms. The molecule has 70 valence electrons. The normalized spacial score (nSPS) is 23.7. The SMILES string of the molecule is CCO[S+]1C=CN(C(Cl)(Cl)Cl)N1. The smallest absolute Gasteiger partial charge is 0.219 e. The third-order valence-electron chi connectivity index (χ3n) is 1.04. The van der Waals surface area contributed by atoms with Gasteiger partial charge in [-0.2, -0.15) is 0 Å². The van der Waals surface area contributed by atoms with Crippen molar-refractivity contribution >= 4 is 46.2 Å². The Labute approximate surface area is 89.2 Å². The largest absolute Gasteiger partial charge is 0.291 e. The summed E-state index contributed by atoms with van der Waals surface area (Å²) in [4.78, 5) is 2.86. The van der Waals surface area contributed by atoms with E-state index in [0.717, 1.165) is 0 Å². The quantitative estimate of drug-likeness (QED) is 0.461. The molecule has 1 rings (SSSR count). The van der Waals surface area contributed by atoms with E-state index in [1.165, 1.54) is 5.01 Å². The predicted molar refractivity (Wildman–Crippen MR) is 53.4 cm³/mol. The maximum Gasteiger partial charge on any atom is 0.291 e. The van der Waals surface area contributed by atoms with Crippen LogP contribution in [0.25, 0.3) is 0 Å². The highest BCUT2D eigenvalue weighted by Crippen LogP contribution is 2.32. The average Bonchev–Trinajstić information content (AvgIpc) is 2.35. The van der Waals surface area contributed by atoms with Crippen molar-refractivity contribution in [3.8, 4) is 0 Å². The number of nitrogens with zero attached hydrogens (tertiary/aromatic N) is 1. The first-order chi connectivity index (χ1) is 5.54. The summed E-state index contributed by atoms with van der Waals surface area (Å²) in [7, 11) is 0. The van der Waals surface area contributed by atoms with E-state index in [-0.39, 0.29) is 0 Å². The van der Waals surface area contributed by atoms with Gasteiger partial charge in [0, 0.05) is 0 Å². The maximum absolute atomic E-state index is 5.60. The molecule has 0 aromatic rings. The van der Waals surface area contributed by atoms with E-state index in [1.54, 1.807) is 11.6 Å². The summed E-state index contributed by atoms with van der Waals surface area (Å²) in [5.41, 5.74) is 0. The van der Waals surface area contributed by atoms with Gasteiger partial charge in [-0.25, -0.2) is 5.01 Å². The Bertz CT molecular complexity index is 184. The number of alkyl halides is 3. The number of nitrogens with one attached hydrogen (secondary N) is 1. The van der Waals surface area contributed by atoms with Gasteiger partial charge in [-0.3, -0.25) is 0 Å². The molecule has 0 amide bonds. The molecular weight excluding hydrogens is 242 g/mol. The average molecular weight is 251 g/mol. The lowest BCUT2D eigenvalue weighted by Gasteiger charge is -2.20. The van der Waals surface area contributed by atoms with Crippen LogP contribution in [0.1, 0.15) is 6.92 Å². The van der Waals surface area contributed by atoms with E-state index in [2.05, 4.69) is 4.83 Å². The summed E-state index contributed by atoms with van der Waals surface area (Å²) in [6.45, 7) is 2.52. The van der Waals surface area contributed by atoms with Crippen molar-refractivity contribution in [2.24, 2.45) is 0 Å². The first-order valence-corrected chi connectivity index (χ1v) is 5.55. The van der Waals surface area contributed by atoms with Crippen molar-refractivity contribution in [2.75, 3.05) is 6.61 Å². The molecule has 7 heteroatoms. The number of rotatable bonds is 2. The molecule has 0 saturated heterocycles. The highest BCUT2D eigenvalue weighted by Gasteiger charge is 2.38. The second-order valence-electron chi connectivity index (χ2n) is 1.92. The van der Waals surface area contributed by atoms with Crippen molar-refractivity contribution in [1.29, 1.82) is 0 Å². The van der Waals surface area contributed by atoms with Gasteiger partial charge >= 0.3 is 0 Å². The van der Waals surface area contributed by atoms with Crippen LogP contribution < -0.4 is 4.83 Å². The van der Waals surface area contributed by atoms with Crippen molar-refractivity contribution in [3.05, 3.63) is 11.6 Å². The Balaban J connectivity index is 2.42. The van der Waals surface area contributed by atoms with Crippen LogP contribution in [0, 0.1) is 0 Å². The van der Waals surface area contributed by atoms with Gasteiger partial charge in [0.05, 0.1) is 6.20 Å². The Kier molecular flexibility index (Phi) is 3.82. The zero-order valence-corrected chi connectivity index (χ0v) is 9.34. The summed E-state index contributed by atoms with van der Waals surface area (Å²) in [6.07, 6.45) is 1.64. The minimum Gasteiger partial charge on any atom is -0.219 e. The number of hydrogen-bond donors (Lipinski definition) is 1. The molecule has 1 atom stereocenters. The van der Waals surface area contributed by atoms with Gasteiger partial charge in [-0.05, 0) is 11.8 Å². The van der Waals surface area contributed by atoms with Crippen LogP contribution in [0.5, 0.6) is 0 Å². The molecular formula is C5H8Cl3N2OS+. The fraction of sp³-hybridized carbons (Fsp3) is 0.600. The second-order valence-corrected chi connectivity index (χ2v) is 5.42. The van der Waals surface area contributed by atoms with E-state index >= 15 is 0 Å². The standard InChI is InChI=1S/C5H8Cl3N2OS/c1-2-11-12-4-3-10(9-12)5(6,7)8/h3-4,9H,2H2,1H3/q+1. The monoisotopic (exact) mass is 249 g/mol. The Morgan fingerprint density at radius 3 is 2.67 bits per heavy atom. The third-order valence-corrected chi connectivity index (χ3v) is 2.82. The van der Waals surface area contributed by atoms with Gasteiger partial charge in [0.1, 0.15) is 6.61 Å². The highest BCUT2D eigenvalue weighted by molar-refractivity contribution is 7.93. The van der Waals surface area contributed by atoms with Gasteiger partial charge < -0.3 is 0 Å². The van der Waals surface area contributed by atoms with E-state index in [1.807, 2.05) is 6.92 Å². The molecule has 0 aromatic heterocycles. The van der Waals surface area contributed by atoms with Crippen LogP contribution in [0.3, 0.4) is 0 Å². The molecule has 1 N–H and O–H groups in total. The van der Waals surface area contributed by atoms with Gasteiger partial charge in [-0.1, -0.05) is 34.8 Å². The second kappa shape index (κ2) is 4.26. The molecule has 0 spiro atoms. The topological polar surface area (TPSA) is 24.5 Å². The zero-order valence-electron chi connectivity index (χ0n) is 6.26. The summed E-state index contributed by atoms with van der Waals surface area (Å²) in [5, 5.41) is 3.17. The van der Waals surface area contributed by atoms with E-state index < -0.39 is 15.3 Å². The first-order valence-electron chi connectivity index (χ1n) is 3.21. The minimum absolute atomic E-state index is 0.462. The molecule has 1 heterocycles. The molecule has 0 fully saturated rings. The lowest BCUT2D eigenvalue weighted by Crippen LogP contribution is -2.41. The van der Waals surface area contributed by atoms with Crippen LogP contribution in [0.4, 0.5) is 0 Å². The van der Waals surface area contributed by atoms with Gasteiger partial charge in [0.2, 0.25) is 0 Å². The summed E-state index contributed by atoms with van der Waals surface area (Å²) in [6, 6.07) is 0. The Morgan fingerprint density at radius 1 is 1.58 bits per heavy atom. The number of hydrazine groups is 1. The van der Waals surface area contributed by atoms with Crippen LogP contribution in [0.15, 0.2) is 11.6 Å². The van der Waals surface area contributed by atoms with Crippen LogP contribution in [0.2, 0.25) is 0 Å². The third kappa shape index (κ3) is 2.87. The molecule has 0 aromatic carbocycles. The van der Waals surface area contributed by atoms with Crippen molar-refractivity contribution in [2.45, 2.75) is 10.8 Å². The number of halogens is 3. The Hall–Kier alpha value is 0.680.